The van der Waals surface area contributed by atoms with Gasteiger partial charge in [0.2, 0.25) is 0 Å². The van der Waals surface area contributed by atoms with Crippen LogP contribution in [0.15, 0.2) is 18.5 Å². The van der Waals surface area contributed by atoms with Crippen molar-refractivity contribution in [2.75, 3.05) is 7.11 Å². The topological polar surface area (TPSA) is 50.3 Å². The number of imidazole rings is 1. The van der Waals surface area contributed by atoms with Crippen LogP contribution in [0.5, 0.6) is 5.75 Å². The summed E-state index contributed by atoms with van der Waals surface area (Å²) >= 11 is 0. The number of fused-ring (bicyclic) bond motifs is 1. The van der Waals surface area contributed by atoms with E-state index in [1.165, 1.54) is 0 Å². The Kier molecular flexibility index (Phi) is 2.55. The number of methoxy groups -OCH3 is 1. The number of aromatic nitrogens is 2. The van der Waals surface area contributed by atoms with Gasteiger partial charge in [0.1, 0.15) is 23.2 Å². The van der Waals surface area contributed by atoms with Crippen LogP contribution in [-0.4, -0.2) is 16.5 Å². The van der Waals surface area contributed by atoms with Gasteiger partial charge in [-0.25, -0.2) is 4.98 Å². The van der Waals surface area contributed by atoms with Crippen LogP contribution in [0.2, 0.25) is 0 Å². The summed E-state index contributed by atoms with van der Waals surface area (Å²) in [6, 6.07) is 4.10. The molecule has 0 spiro atoms. The second kappa shape index (κ2) is 3.77. The zero-order chi connectivity index (χ0) is 12.6. The van der Waals surface area contributed by atoms with Crippen molar-refractivity contribution in [3.8, 4) is 11.8 Å². The average molecular weight is 229 g/mol. The van der Waals surface area contributed by atoms with Crippen LogP contribution in [0.25, 0.3) is 5.65 Å². The first-order valence-electron chi connectivity index (χ1n) is 5.43. The largest absolute Gasteiger partial charge is 0.495 e. The molecule has 0 aliphatic carbocycles. The lowest BCUT2D eigenvalue weighted by molar-refractivity contribution is 0.410. The standard InChI is InChI=1S/C13H15N3O/c1-13(2,3)11-5-10(17-4)8-16-9(6-14)7-15-12(11)16/h5,7-8H,1-4H3. The number of nitriles is 1. The summed E-state index contributed by atoms with van der Waals surface area (Å²) in [4.78, 5) is 4.32. The third-order valence-electron chi connectivity index (χ3n) is 2.74. The van der Waals surface area contributed by atoms with E-state index in [1.54, 1.807) is 23.9 Å². The Bertz CT molecular complexity index is 599. The average Bonchev–Trinajstić information content (AvgIpc) is 2.68. The molecule has 0 bridgehead atoms. The van der Waals surface area contributed by atoms with Gasteiger partial charge in [0.15, 0.2) is 0 Å². The minimum Gasteiger partial charge on any atom is -0.495 e. The van der Waals surface area contributed by atoms with Crippen LogP contribution in [-0.2, 0) is 5.41 Å². The highest BCUT2D eigenvalue weighted by molar-refractivity contribution is 5.56. The molecule has 0 aliphatic rings. The summed E-state index contributed by atoms with van der Waals surface area (Å²) in [5.74, 6) is 0.733. The van der Waals surface area contributed by atoms with Crippen molar-refractivity contribution in [3.63, 3.8) is 0 Å². The number of hydrogen-bond acceptors (Lipinski definition) is 3. The van der Waals surface area contributed by atoms with Crippen LogP contribution in [0, 0.1) is 11.3 Å². The molecule has 88 valence electrons. The molecule has 0 aliphatic heterocycles. The van der Waals surface area contributed by atoms with Gasteiger partial charge in [-0.1, -0.05) is 20.8 Å². The molecular weight excluding hydrogens is 214 g/mol. The second-order valence-electron chi connectivity index (χ2n) is 4.99. The number of hydrogen-bond donors (Lipinski definition) is 0. The Balaban J connectivity index is 2.84. The molecule has 2 rings (SSSR count). The number of pyridine rings is 1. The van der Waals surface area contributed by atoms with E-state index in [0.717, 1.165) is 17.0 Å². The monoisotopic (exact) mass is 229 g/mol. The van der Waals surface area contributed by atoms with Crippen LogP contribution in [0.3, 0.4) is 0 Å². The van der Waals surface area contributed by atoms with Gasteiger partial charge in [0.05, 0.1) is 19.5 Å². The lowest BCUT2D eigenvalue weighted by atomic mass is 9.87. The molecule has 0 atom stereocenters. The minimum atomic E-state index is -0.0477. The van der Waals surface area contributed by atoms with Crippen LogP contribution >= 0.6 is 0 Å². The van der Waals surface area contributed by atoms with Crippen molar-refractivity contribution in [3.05, 3.63) is 29.7 Å². The van der Waals surface area contributed by atoms with E-state index in [-0.39, 0.29) is 5.41 Å². The maximum Gasteiger partial charge on any atom is 0.144 e. The smallest absolute Gasteiger partial charge is 0.144 e. The second-order valence-corrected chi connectivity index (χ2v) is 4.99. The zero-order valence-electron chi connectivity index (χ0n) is 10.5. The van der Waals surface area contributed by atoms with Gasteiger partial charge in [-0.05, 0) is 11.5 Å². The fourth-order valence-electron chi connectivity index (χ4n) is 1.81. The molecule has 0 fully saturated rings. The van der Waals surface area contributed by atoms with Crippen molar-refractivity contribution in [1.29, 1.82) is 5.26 Å². The molecule has 4 nitrogen and oxygen atoms in total. The highest BCUT2D eigenvalue weighted by atomic mass is 16.5. The Morgan fingerprint density at radius 1 is 1.41 bits per heavy atom. The number of nitrogens with zero attached hydrogens (tertiary/aromatic N) is 3. The molecule has 0 unspecified atom stereocenters. The highest BCUT2D eigenvalue weighted by Gasteiger charge is 2.20. The van der Waals surface area contributed by atoms with Crippen LogP contribution in [0.4, 0.5) is 0 Å². The minimum absolute atomic E-state index is 0.0477. The van der Waals surface area contributed by atoms with E-state index in [1.807, 2.05) is 6.07 Å². The molecule has 0 amide bonds. The first kappa shape index (κ1) is 11.5. The van der Waals surface area contributed by atoms with Gasteiger partial charge >= 0.3 is 0 Å². The predicted octanol–water partition coefficient (Wildman–Crippen LogP) is 2.51. The van der Waals surface area contributed by atoms with Crippen molar-refractivity contribution >= 4 is 5.65 Å². The van der Waals surface area contributed by atoms with Crippen molar-refractivity contribution in [2.45, 2.75) is 26.2 Å². The molecule has 17 heavy (non-hydrogen) atoms. The Hall–Kier alpha value is -2.02. The Morgan fingerprint density at radius 3 is 2.65 bits per heavy atom. The predicted molar refractivity (Wildman–Crippen MR) is 65.2 cm³/mol. The van der Waals surface area contributed by atoms with E-state index in [0.29, 0.717) is 5.69 Å². The normalized spacial score (nSPS) is 11.5. The van der Waals surface area contributed by atoms with Crippen molar-refractivity contribution < 1.29 is 4.74 Å². The van der Waals surface area contributed by atoms with E-state index >= 15 is 0 Å². The van der Waals surface area contributed by atoms with E-state index in [4.69, 9.17) is 10.00 Å². The zero-order valence-corrected chi connectivity index (χ0v) is 10.5. The summed E-state index contributed by atoms with van der Waals surface area (Å²) in [6.07, 6.45) is 3.38. The van der Waals surface area contributed by atoms with Gasteiger partial charge < -0.3 is 4.74 Å². The number of rotatable bonds is 1. The van der Waals surface area contributed by atoms with E-state index < -0.39 is 0 Å². The Labute approximate surface area is 100 Å². The molecule has 2 aromatic heterocycles. The third-order valence-corrected chi connectivity index (χ3v) is 2.74. The molecule has 2 heterocycles. The van der Waals surface area contributed by atoms with E-state index in [2.05, 4.69) is 31.8 Å². The maximum atomic E-state index is 9.03. The summed E-state index contributed by atoms with van der Waals surface area (Å²) in [7, 11) is 1.62. The molecule has 2 aromatic rings. The van der Waals surface area contributed by atoms with Crippen LogP contribution in [0.1, 0.15) is 32.0 Å². The third kappa shape index (κ3) is 1.84. The Morgan fingerprint density at radius 2 is 2.12 bits per heavy atom. The van der Waals surface area contributed by atoms with Gasteiger partial charge in [-0.3, -0.25) is 4.40 Å². The fraction of sp³-hybridized carbons (Fsp3) is 0.385. The fourth-order valence-corrected chi connectivity index (χ4v) is 1.81. The van der Waals surface area contributed by atoms with Gasteiger partial charge in [0.25, 0.3) is 0 Å². The van der Waals surface area contributed by atoms with E-state index in [9.17, 15) is 0 Å². The molecule has 0 saturated carbocycles. The maximum absolute atomic E-state index is 9.03. The van der Waals surface area contributed by atoms with Gasteiger partial charge in [-0.2, -0.15) is 5.26 Å². The SMILES string of the molecule is COc1cc(C(C)(C)C)c2ncc(C#N)n2c1. The molecule has 0 radical (unpaired) electrons. The molecule has 0 saturated heterocycles. The first-order valence-corrected chi connectivity index (χ1v) is 5.43. The van der Waals surface area contributed by atoms with Gasteiger partial charge in [0, 0.05) is 5.56 Å². The summed E-state index contributed by atoms with van der Waals surface area (Å²) in [6.45, 7) is 6.34. The lowest BCUT2D eigenvalue weighted by Gasteiger charge is -2.20. The first-order chi connectivity index (χ1) is 7.97. The molecule has 0 aromatic carbocycles. The molecular formula is C13H15N3O. The summed E-state index contributed by atoms with van der Waals surface area (Å²) in [5, 5.41) is 9.03. The highest BCUT2D eigenvalue weighted by Crippen LogP contribution is 2.29. The number of ether oxygens (including phenoxy) is 1. The molecule has 4 heteroatoms. The van der Waals surface area contributed by atoms with Crippen LogP contribution < -0.4 is 4.74 Å². The summed E-state index contributed by atoms with van der Waals surface area (Å²) in [5.41, 5.74) is 2.35. The van der Waals surface area contributed by atoms with Crippen molar-refractivity contribution in [2.24, 2.45) is 0 Å². The molecule has 0 N–H and O–H groups in total. The van der Waals surface area contributed by atoms with Gasteiger partial charge in [-0.15, -0.1) is 0 Å². The summed E-state index contributed by atoms with van der Waals surface area (Å²) < 4.78 is 7.05. The van der Waals surface area contributed by atoms with Crippen molar-refractivity contribution in [1.82, 2.24) is 9.38 Å². The lowest BCUT2D eigenvalue weighted by Crippen LogP contribution is -2.13. The quantitative estimate of drug-likeness (QED) is 0.755.